The van der Waals surface area contributed by atoms with Gasteiger partial charge in [-0.1, -0.05) is 6.07 Å². The molecule has 0 bridgehead atoms. The molecule has 2 rings (SSSR count). The van der Waals surface area contributed by atoms with E-state index < -0.39 is 5.97 Å². The van der Waals surface area contributed by atoms with Crippen molar-refractivity contribution in [3.05, 3.63) is 46.4 Å². The van der Waals surface area contributed by atoms with Gasteiger partial charge in [-0.15, -0.1) is 11.3 Å². The number of thiophene rings is 1. The summed E-state index contributed by atoms with van der Waals surface area (Å²) in [7, 11) is 0. The van der Waals surface area contributed by atoms with Crippen LogP contribution in [0.25, 0.3) is 0 Å². The summed E-state index contributed by atoms with van der Waals surface area (Å²) in [6.07, 6.45) is 3.03. The molecule has 0 amide bonds. The normalized spacial score (nSPS) is 10.7. The van der Waals surface area contributed by atoms with E-state index in [0.717, 1.165) is 0 Å². The number of hydrogen-bond donors (Lipinski definition) is 1. The SMILES string of the molecule is CC(C)N(Cc1cccs1)c1ccncc1C(=O)O. The maximum atomic E-state index is 11.3. The van der Waals surface area contributed by atoms with E-state index >= 15 is 0 Å². The van der Waals surface area contributed by atoms with Gasteiger partial charge in [0.15, 0.2) is 0 Å². The summed E-state index contributed by atoms with van der Waals surface area (Å²) in [5.41, 5.74) is 0.957. The molecule has 2 heterocycles. The van der Waals surface area contributed by atoms with Gasteiger partial charge in [0.25, 0.3) is 0 Å². The zero-order valence-corrected chi connectivity index (χ0v) is 11.7. The third kappa shape index (κ3) is 3.12. The smallest absolute Gasteiger partial charge is 0.339 e. The minimum atomic E-state index is -0.945. The number of hydrogen-bond acceptors (Lipinski definition) is 4. The molecule has 2 aromatic rings. The molecular weight excluding hydrogens is 260 g/mol. The van der Waals surface area contributed by atoms with Crippen LogP contribution in [0.15, 0.2) is 36.0 Å². The van der Waals surface area contributed by atoms with Crippen LogP contribution in [0.5, 0.6) is 0 Å². The molecule has 0 unspecified atom stereocenters. The highest BCUT2D eigenvalue weighted by Gasteiger charge is 2.18. The second kappa shape index (κ2) is 5.84. The number of aromatic carboxylic acids is 1. The molecule has 0 saturated heterocycles. The van der Waals surface area contributed by atoms with Crippen molar-refractivity contribution in [1.82, 2.24) is 4.98 Å². The first kappa shape index (κ1) is 13.5. The highest BCUT2D eigenvalue weighted by molar-refractivity contribution is 7.09. The van der Waals surface area contributed by atoms with Crippen molar-refractivity contribution in [2.45, 2.75) is 26.4 Å². The Morgan fingerprint density at radius 2 is 2.26 bits per heavy atom. The van der Waals surface area contributed by atoms with Crippen molar-refractivity contribution in [1.29, 1.82) is 0 Å². The predicted octanol–water partition coefficient (Wildman–Crippen LogP) is 3.26. The summed E-state index contributed by atoms with van der Waals surface area (Å²) in [6, 6.07) is 6.03. The Balaban J connectivity index is 2.36. The van der Waals surface area contributed by atoms with Gasteiger partial charge in [0.1, 0.15) is 5.56 Å². The molecule has 0 fully saturated rings. The Kier molecular flexibility index (Phi) is 4.16. The number of anilines is 1. The number of pyridine rings is 1. The molecule has 2 aromatic heterocycles. The second-order valence-corrected chi connectivity index (χ2v) is 5.53. The number of rotatable bonds is 5. The van der Waals surface area contributed by atoms with Gasteiger partial charge in [0.05, 0.1) is 12.2 Å². The number of carboxylic acids is 1. The van der Waals surface area contributed by atoms with E-state index in [1.807, 2.05) is 11.4 Å². The molecule has 0 spiro atoms. The molecular formula is C14H16N2O2S. The predicted molar refractivity (Wildman–Crippen MR) is 76.8 cm³/mol. The van der Waals surface area contributed by atoms with Crippen molar-refractivity contribution in [3.63, 3.8) is 0 Å². The summed E-state index contributed by atoms with van der Waals surface area (Å²) in [5, 5.41) is 11.3. The van der Waals surface area contributed by atoms with Gasteiger partial charge in [-0.25, -0.2) is 4.79 Å². The average Bonchev–Trinajstić information content (AvgIpc) is 2.88. The zero-order valence-electron chi connectivity index (χ0n) is 10.9. The summed E-state index contributed by atoms with van der Waals surface area (Å²) in [6.45, 7) is 4.82. The maximum absolute atomic E-state index is 11.3. The van der Waals surface area contributed by atoms with Crippen LogP contribution in [0, 0.1) is 0 Å². The van der Waals surface area contributed by atoms with Crippen molar-refractivity contribution in [3.8, 4) is 0 Å². The Hall–Kier alpha value is -1.88. The number of carbonyl (C=O) groups is 1. The van der Waals surface area contributed by atoms with E-state index in [1.54, 1.807) is 23.6 Å². The van der Waals surface area contributed by atoms with E-state index in [-0.39, 0.29) is 11.6 Å². The van der Waals surface area contributed by atoms with Crippen LogP contribution in [0.2, 0.25) is 0 Å². The lowest BCUT2D eigenvalue weighted by Crippen LogP contribution is -2.31. The van der Waals surface area contributed by atoms with Gasteiger partial charge in [-0.05, 0) is 31.4 Å². The van der Waals surface area contributed by atoms with Crippen molar-refractivity contribution in [2.75, 3.05) is 4.90 Å². The summed E-state index contributed by atoms with van der Waals surface area (Å²) in [5.74, 6) is -0.945. The molecule has 5 heteroatoms. The van der Waals surface area contributed by atoms with Crippen LogP contribution in [0.3, 0.4) is 0 Å². The standard InChI is InChI=1S/C14H16N2O2S/c1-10(2)16(9-11-4-3-7-19-11)13-5-6-15-8-12(13)14(17)18/h3-8,10H,9H2,1-2H3,(H,17,18). The lowest BCUT2D eigenvalue weighted by molar-refractivity contribution is 0.0697. The Morgan fingerprint density at radius 1 is 1.47 bits per heavy atom. The summed E-state index contributed by atoms with van der Waals surface area (Å²) in [4.78, 5) is 18.5. The molecule has 1 N–H and O–H groups in total. The Labute approximate surface area is 116 Å². The van der Waals surface area contributed by atoms with Gasteiger partial charge in [0, 0.05) is 23.3 Å². The highest BCUT2D eigenvalue weighted by atomic mass is 32.1. The van der Waals surface area contributed by atoms with Crippen molar-refractivity contribution in [2.24, 2.45) is 0 Å². The first-order valence-corrected chi connectivity index (χ1v) is 6.94. The fraction of sp³-hybridized carbons (Fsp3) is 0.286. The zero-order chi connectivity index (χ0) is 13.8. The van der Waals surface area contributed by atoms with Gasteiger partial charge >= 0.3 is 5.97 Å². The molecule has 0 radical (unpaired) electrons. The van der Waals surface area contributed by atoms with E-state index in [4.69, 9.17) is 0 Å². The molecule has 0 atom stereocenters. The van der Waals surface area contributed by atoms with Gasteiger partial charge < -0.3 is 10.0 Å². The van der Waals surface area contributed by atoms with Gasteiger partial charge in [0.2, 0.25) is 0 Å². The quantitative estimate of drug-likeness (QED) is 0.910. The van der Waals surface area contributed by atoms with E-state index in [9.17, 15) is 9.90 Å². The van der Waals surface area contributed by atoms with E-state index in [1.165, 1.54) is 11.1 Å². The topological polar surface area (TPSA) is 53.4 Å². The van der Waals surface area contributed by atoms with Crippen LogP contribution >= 0.6 is 11.3 Å². The van der Waals surface area contributed by atoms with Crippen LogP contribution in [0.4, 0.5) is 5.69 Å². The summed E-state index contributed by atoms with van der Waals surface area (Å²) < 4.78 is 0. The molecule has 0 aliphatic heterocycles. The molecule has 0 saturated carbocycles. The van der Waals surface area contributed by atoms with Crippen molar-refractivity contribution < 1.29 is 9.90 Å². The third-order valence-corrected chi connectivity index (χ3v) is 3.73. The lowest BCUT2D eigenvalue weighted by Gasteiger charge is -2.29. The van der Waals surface area contributed by atoms with Crippen LogP contribution in [-0.4, -0.2) is 22.1 Å². The van der Waals surface area contributed by atoms with E-state index in [2.05, 4.69) is 29.8 Å². The molecule has 100 valence electrons. The average molecular weight is 276 g/mol. The highest BCUT2D eigenvalue weighted by Crippen LogP contribution is 2.25. The second-order valence-electron chi connectivity index (χ2n) is 4.50. The summed E-state index contributed by atoms with van der Waals surface area (Å²) >= 11 is 1.67. The monoisotopic (exact) mass is 276 g/mol. The van der Waals surface area contributed by atoms with Crippen LogP contribution < -0.4 is 4.90 Å². The van der Waals surface area contributed by atoms with E-state index in [0.29, 0.717) is 12.2 Å². The Morgan fingerprint density at radius 3 is 2.84 bits per heavy atom. The maximum Gasteiger partial charge on any atom is 0.339 e. The first-order valence-electron chi connectivity index (χ1n) is 6.06. The minimum absolute atomic E-state index is 0.211. The lowest BCUT2D eigenvalue weighted by atomic mass is 10.1. The number of aromatic nitrogens is 1. The molecule has 0 aliphatic rings. The van der Waals surface area contributed by atoms with Gasteiger partial charge in [-0.2, -0.15) is 0 Å². The number of nitrogens with zero attached hydrogens (tertiary/aromatic N) is 2. The molecule has 0 aromatic carbocycles. The van der Waals surface area contributed by atoms with Crippen LogP contribution in [-0.2, 0) is 6.54 Å². The third-order valence-electron chi connectivity index (χ3n) is 2.87. The first-order chi connectivity index (χ1) is 9.09. The van der Waals surface area contributed by atoms with Gasteiger partial charge in [-0.3, -0.25) is 4.98 Å². The minimum Gasteiger partial charge on any atom is -0.478 e. The number of carboxylic acid groups (broad SMARTS) is 1. The van der Waals surface area contributed by atoms with Crippen molar-refractivity contribution >= 4 is 23.0 Å². The molecule has 19 heavy (non-hydrogen) atoms. The fourth-order valence-electron chi connectivity index (χ4n) is 1.92. The molecule has 0 aliphatic carbocycles. The molecule has 4 nitrogen and oxygen atoms in total. The Bertz CT molecular complexity index is 552. The largest absolute Gasteiger partial charge is 0.478 e. The fourth-order valence-corrected chi connectivity index (χ4v) is 2.62. The van der Waals surface area contributed by atoms with Crippen LogP contribution in [0.1, 0.15) is 29.1 Å².